The predicted octanol–water partition coefficient (Wildman–Crippen LogP) is 6.67. The molecule has 4 rings (SSSR count). The van der Waals surface area contributed by atoms with Crippen LogP contribution in [0, 0.1) is 0 Å². The second-order valence-corrected chi connectivity index (χ2v) is 12.5. The number of hydrogen-bond donors (Lipinski definition) is 0. The third kappa shape index (κ3) is 9.83. The molecule has 1 fully saturated rings. The van der Waals surface area contributed by atoms with Crippen LogP contribution in [0.4, 0.5) is 0 Å². The lowest BCUT2D eigenvalue weighted by Crippen LogP contribution is -2.49. The molecule has 2 aromatic rings. The van der Waals surface area contributed by atoms with Crippen molar-refractivity contribution in [1.82, 2.24) is 13.6 Å². The van der Waals surface area contributed by atoms with Crippen molar-refractivity contribution >= 4 is 38.7 Å². The lowest BCUT2D eigenvalue weighted by atomic mass is 10.2. The Hall–Kier alpha value is -1.16. The number of nitrogens with zero attached hydrogens (tertiary/aromatic N) is 3. The van der Waals surface area contributed by atoms with Crippen molar-refractivity contribution in [3.8, 4) is 16.3 Å². The number of ether oxygens (including phenoxy) is 2. The van der Waals surface area contributed by atoms with Gasteiger partial charge in [-0.05, 0) is 36.6 Å². The van der Waals surface area contributed by atoms with E-state index >= 15 is 0 Å². The summed E-state index contributed by atoms with van der Waals surface area (Å²) in [5, 5.41) is 0.992. The normalized spacial score (nSPS) is 17.4. The monoisotopic (exact) mass is 571 g/mol. The largest absolute Gasteiger partial charge is 0.494 e. The Labute approximate surface area is 234 Å². The van der Waals surface area contributed by atoms with Crippen molar-refractivity contribution in [2.75, 3.05) is 45.3 Å². The molecule has 2 aliphatic heterocycles. The zero-order valence-electron chi connectivity index (χ0n) is 23.2. The number of rotatable bonds is 10. The highest BCUT2D eigenvalue weighted by molar-refractivity contribution is 7.95. The number of alkyl halides is 1. The molecule has 0 aliphatic carbocycles. The van der Waals surface area contributed by atoms with Gasteiger partial charge in [0.1, 0.15) is 10.8 Å². The lowest BCUT2D eigenvalue weighted by Gasteiger charge is -2.37. The topological polar surface area (TPSA) is 54.9 Å². The van der Waals surface area contributed by atoms with Gasteiger partial charge in [0, 0.05) is 48.9 Å². The molecule has 2 aliphatic rings. The molecule has 0 radical (unpaired) electrons. The van der Waals surface area contributed by atoms with Gasteiger partial charge in [0.2, 0.25) is 0 Å². The van der Waals surface area contributed by atoms with Gasteiger partial charge in [0.05, 0.1) is 35.4 Å². The molecule has 9 heteroatoms. The number of hydrogen-bond acceptors (Lipinski definition) is 5. The molecule has 0 bridgehead atoms. The van der Waals surface area contributed by atoms with E-state index in [0.717, 1.165) is 34.9 Å². The number of unbranched alkanes of at least 4 members (excludes halogenated alkanes) is 3. The smallest absolute Gasteiger partial charge is 0.123 e. The molecular formula is C28H46ClN3O3S2. The summed E-state index contributed by atoms with van der Waals surface area (Å²) in [6.07, 6.45) is 7.16. The predicted molar refractivity (Wildman–Crippen MR) is 161 cm³/mol. The first-order valence-corrected chi connectivity index (χ1v) is 16.7. The molecule has 1 unspecified atom stereocenters. The number of benzene rings is 1. The van der Waals surface area contributed by atoms with Crippen LogP contribution in [0.3, 0.4) is 0 Å². The molecule has 0 N–H and O–H groups in total. The Morgan fingerprint density at radius 3 is 2.30 bits per heavy atom. The number of halogens is 1. The molecule has 3 heterocycles. The third-order valence-corrected chi connectivity index (χ3v) is 9.77. The maximum atomic E-state index is 13.4. The van der Waals surface area contributed by atoms with Crippen molar-refractivity contribution in [3.05, 3.63) is 34.8 Å². The van der Waals surface area contributed by atoms with Gasteiger partial charge in [0.25, 0.3) is 0 Å². The van der Waals surface area contributed by atoms with Crippen LogP contribution in [0.5, 0.6) is 5.75 Å². The Morgan fingerprint density at radius 2 is 1.70 bits per heavy atom. The van der Waals surface area contributed by atoms with E-state index in [4.69, 9.17) is 26.1 Å². The van der Waals surface area contributed by atoms with Gasteiger partial charge in [-0.25, -0.2) is 17.8 Å². The van der Waals surface area contributed by atoms with Crippen LogP contribution < -0.4 is 4.74 Å². The number of fused-ring (bicyclic) bond motifs is 1. The van der Waals surface area contributed by atoms with Crippen LogP contribution in [0.25, 0.3) is 10.6 Å². The SMILES string of the molecule is C=S(=O)(N1CCOCC1)N1CCc2nc(-c3ccc(OCCCCl)cc3)sc2C1.CC.CCCCCC. The maximum Gasteiger partial charge on any atom is 0.123 e. The van der Waals surface area contributed by atoms with E-state index in [1.807, 2.05) is 46.7 Å². The van der Waals surface area contributed by atoms with Crippen LogP contribution >= 0.6 is 22.9 Å². The summed E-state index contributed by atoms with van der Waals surface area (Å²) < 4.78 is 28.4. The van der Waals surface area contributed by atoms with Crippen molar-refractivity contribution in [3.63, 3.8) is 0 Å². The molecule has 0 saturated carbocycles. The molecule has 0 amide bonds. The average Bonchev–Trinajstić information content (AvgIpc) is 3.38. The van der Waals surface area contributed by atoms with E-state index in [9.17, 15) is 4.21 Å². The third-order valence-electron chi connectivity index (χ3n) is 6.08. The Balaban J connectivity index is 0.000000531. The first-order valence-electron chi connectivity index (χ1n) is 13.7. The fraction of sp³-hybridized carbons (Fsp3) is 0.643. The van der Waals surface area contributed by atoms with Crippen molar-refractivity contribution in [1.29, 1.82) is 0 Å². The molecule has 1 aromatic carbocycles. The van der Waals surface area contributed by atoms with E-state index in [2.05, 4.69) is 19.7 Å². The second kappa shape index (κ2) is 17.4. The van der Waals surface area contributed by atoms with Crippen LogP contribution in [-0.2, 0) is 27.6 Å². The van der Waals surface area contributed by atoms with Gasteiger partial charge in [-0.1, -0.05) is 53.4 Å². The highest BCUT2D eigenvalue weighted by Crippen LogP contribution is 2.33. The molecule has 0 spiro atoms. The van der Waals surface area contributed by atoms with Gasteiger partial charge in [-0.15, -0.1) is 22.9 Å². The second-order valence-electron chi connectivity index (χ2n) is 8.77. The minimum atomic E-state index is -2.46. The van der Waals surface area contributed by atoms with E-state index in [0.29, 0.717) is 51.9 Å². The Morgan fingerprint density at radius 1 is 1.05 bits per heavy atom. The van der Waals surface area contributed by atoms with E-state index in [1.165, 1.54) is 30.6 Å². The van der Waals surface area contributed by atoms with Gasteiger partial charge in [-0.3, -0.25) is 0 Å². The van der Waals surface area contributed by atoms with E-state index < -0.39 is 9.89 Å². The molecule has 1 atom stereocenters. The Bertz CT molecular complexity index is 987. The molecule has 1 saturated heterocycles. The quantitative estimate of drug-likeness (QED) is 0.182. The van der Waals surface area contributed by atoms with Crippen molar-refractivity contribution in [2.24, 2.45) is 0 Å². The summed E-state index contributed by atoms with van der Waals surface area (Å²) in [5.74, 6) is 5.53. The van der Waals surface area contributed by atoms with Crippen LogP contribution in [0.2, 0.25) is 0 Å². The molecular weight excluding hydrogens is 526 g/mol. The first-order chi connectivity index (χ1) is 18.0. The van der Waals surface area contributed by atoms with Gasteiger partial charge in [-0.2, -0.15) is 0 Å². The molecule has 1 aromatic heterocycles. The number of morpholine rings is 1. The summed E-state index contributed by atoms with van der Waals surface area (Å²) in [4.78, 5) is 6.02. The van der Waals surface area contributed by atoms with Crippen LogP contribution in [0.15, 0.2) is 24.3 Å². The number of aromatic nitrogens is 1. The zero-order chi connectivity index (χ0) is 27.1. The summed E-state index contributed by atoms with van der Waals surface area (Å²) in [6.45, 7) is 13.0. The average molecular weight is 572 g/mol. The molecule has 210 valence electrons. The fourth-order valence-electron chi connectivity index (χ4n) is 3.97. The highest BCUT2D eigenvalue weighted by Gasteiger charge is 2.30. The van der Waals surface area contributed by atoms with Crippen LogP contribution in [-0.4, -0.2) is 69.0 Å². The van der Waals surface area contributed by atoms with E-state index in [1.54, 1.807) is 11.3 Å². The van der Waals surface area contributed by atoms with E-state index in [-0.39, 0.29) is 0 Å². The zero-order valence-corrected chi connectivity index (χ0v) is 25.6. The highest BCUT2D eigenvalue weighted by atomic mass is 35.5. The van der Waals surface area contributed by atoms with Crippen LogP contribution in [0.1, 0.15) is 70.4 Å². The summed E-state index contributed by atoms with van der Waals surface area (Å²) in [6, 6.07) is 8.02. The van der Waals surface area contributed by atoms with Crippen molar-refractivity contribution in [2.45, 2.75) is 72.8 Å². The maximum absolute atomic E-state index is 13.4. The van der Waals surface area contributed by atoms with Gasteiger partial charge in [0.15, 0.2) is 0 Å². The minimum absolute atomic E-state index is 0.602. The number of thiazole rings is 1. The standard InChI is InChI=1S/C20H26ClN3O3S2.C6H14.C2H6/c1-29(25,23-10-13-26-14-11-23)24-9-7-18-19(15-24)28-20(22-18)16-3-5-17(6-4-16)27-12-2-8-21;1-3-5-6-4-2;1-2/h3-6H,1-2,7-15H2;3-6H2,1-2H3;1-2H3. The molecule has 37 heavy (non-hydrogen) atoms. The summed E-state index contributed by atoms with van der Waals surface area (Å²) in [7, 11) is -2.46. The summed E-state index contributed by atoms with van der Waals surface area (Å²) >= 11 is 7.36. The fourth-order valence-corrected chi connectivity index (χ4v) is 7.05. The van der Waals surface area contributed by atoms with Gasteiger partial charge >= 0.3 is 0 Å². The van der Waals surface area contributed by atoms with Gasteiger partial charge < -0.3 is 9.47 Å². The first kappa shape index (κ1) is 32.1. The minimum Gasteiger partial charge on any atom is -0.494 e. The Kier molecular flexibility index (Phi) is 15.1. The summed E-state index contributed by atoms with van der Waals surface area (Å²) in [5.41, 5.74) is 2.19. The lowest BCUT2D eigenvalue weighted by molar-refractivity contribution is 0.0725. The van der Waals surface area contributed by atoms with Crippen molar-refractivity contribution < 1.29 is 13.7 Å². The molecule has 6 nitrogen and oxygen atoms in total.